The highest BCUT2D eigenvalue weighted by Gasteiger charge is 2.34. The molecular formula is C22H14F6N4O3. The number of rotatable bonds is 5. The zero-order valence-corrected chi connectivity index (χ0v) is 17.7. The minimum Gasteiger partial charge on any atom is -0.483 e. The third kappa shape index (κ3) is 5.97. The van der Waals surface area contributed by atoms with Crippen molar-refractivity contribution < 1.29 is 35.9 Å². The van der Waals surface area contributed by atoms with Crippen LogP contribution < -0.4 is 15.5 Å². The number of hydrogen-bond donors (Lipinski definition) is 1. The van der Waals surface area contributed by atoms with Crippen LogP contribution in [0.1, 0.15) is 27.3 Å². The molecule has 0 unspecified atom stereocenters. The number of benzene rings is 2. The smallest absolute Gasteiger partial charge is 0.422 e. The molecule has 0 spiro atoms. The van der Waals surface area contributed by atoms with Crippen LogP contribution in [0.2, 0.25) is 0 Å². The molecule has 0 aliphatic carbocycles. The Kier molecular flexibility index (Phi) is 6.86. The van der Waals surface area contributed by atoms with Crippen molar-refractivity contribution >= 4 is 11.6 Å². The van der Waals surface area contributed by atoms with Crippen LogP contribution in [-0.4, -0.2) is 28.5 Å². The molecule has 1 aromatic heterocycles. The molecule has 0 bridgehead atoms. The van der Waals surface area contributed by atoms with Crippen LogP contribution >= 0.6 is 0 Å². The Bertz CT molecular complexity index is 1370. The van der Waals surface area contributed by atoms with E-state index < -0.39 is 47.2 Å². The van der Waals surface area contributed by atoms with Gasteiger partial charge in [-0.25, -0.2) is 4.68 Å². The number of carbonyl (C=O) groups is 1. The number of nitriles is 1. The molecule has 0 aliphatic heterocycles. The number of hydrogen-bond acceptors (Lipinski definition) is 5. The average Bonchev–Trinajstić information content (AvgIpc) is 2.77. The number of aryl methyl sites for hydroxylation is 1. The number of nitrogens with one attached hydrogen (secondary N) is 1. The zero-order chi connectivity index (χ0) is 26.0. The van der Waals surface area contributed by atoms with E-state index in [1.54, 1.807) is 6.07 Å². The Labute approximate surface area is 193 Å². The van der Waals surface area contributed by atoms with Crippen molar-refractivity contribution in [2.24, 2.45) is 0 Å². The van der Waals surface area contributed by atoms with Crippen LogP contribution in [-0.2, 0) is 6.18 Å². The molecule has 0 radical (unpaired) electrons. The fourth-order valence-electron chi connectivity index (χ4n) is 3.02. The van der Waals surface area contributed by atoms with Gasteiger partial charge in [0.25, 0.3) is 5.91 Å². The third-order valence-electron chi connectivity index (χ3n) is 4.51. The van der Waals surface area contributed by atoms with Gasteiger partial charge in [-0.15, -0.1) is 0 Å². The number of para-hydroxylation sites is 1. The monoisotopic (exact) mass is 496 g/mol. The number of amides is 1. The first kappa shape index (κ1) is 25.3. The second-order valence-corrected chi connectivity index (χ2v) is 7.11. The Hall–Kier alpha value is -4.34. The molecule has 13 heteroatoms. The van der Waals surface area contributed by atoms with Crippen molar-refractivity contribution in [2.45, 2.75) is 19.3 Å². The molecule has 0 aliphatic rings. The Morgan fingerprint density at radius 1 is 1.11 bits per heavy atom. The molecular weight excluding hydrogens is 482 g/mol. The lowest BCUT2D eigenvalue weighted by molar-refractivity contribution is -0.153. The van der Waals surface area contributed by atoms with E-state index in [1.165, 1.54) is 19.1 Å². The molecule has 2 aromatic carbocycles. The predicted molar refractivity (Wildman–Crippen MR) is 110 cm³/mol. The summed E-state index contributed by atoms with van der Waals surface area (Å²) < 4.78 is 82.7. The van der Waals surface area contributed by atoms with Crippen molar-refractivity contribution in [2.75, 3.05) is 11.9 Å². The van der Waals surface area contributed by atoms with Gasteiger partial charge in [-0.3, -0.25) is 9.59 Å². The second-order valence-electron chi connectivity index (χ2n) is 7.11. The van der Waals surface area contributed by atoms with Gasteiger partial charge >= 0.3 is 12.4 Å². The summed E-state index contributed by atoms with van der Waals surface area (Å²) in [6.45, 7) is -0.304. The quantitative estimate of drug-likeness (QED) is 0.520. The maximum atomic E-state index is 13.4. The van der Waals surface area contributed by atoms with E-state index >= 15 is 0 Å². The Morgan fingerprint density at radius 3 is 2.43 bits per heavy atom. The van der Waals surface area contributed by atoms with Crippen molar-refractivity contribution in [3.05, 3.63) is 81.3 Å². The number of alkyl halides is 6. The Morgan fingerprint density at radius 2 is 1.80 bits per heavy atom. The SMILES string of the molecule is Cc1cc(=O)c(C(=O)Nc2ccc(OCC(F)(F)F)c(C#N)c2)nn1-c1ccccc1C(F)(F)F. The number of nitrogens with zero attached hydrogens (tertiary/aromatic N) is 3. The topological polar surface area (TPSA) is 97.0 Å². The summed E-state index contributed by atoms with van der Waals surface area (Å²) in [5, 5.41) is 15.2. The second kappa shape index (κ2) is 9.49. The third-order valence-corrected chi connectivity index (χ3v) is 4.51. The van der Waals surface area contributed by atoms with Crippen LogP contribution in [0.15, 0.2) is 53.3 Å². The van der Waals surface area contributed by atoms with Gasteiger partial charge in [0.2, 0.25) is 5.43 Å². The maximum absolute atomic E-state index is 13.4. The molecule has 0 fully saturated rings. The number of anilines is 1. The van der Waals surface area contributed by atoms with E-state index in [4.69, 9.17) is 0 Å². The number of halogens is 6. The van der Waals surface area contributed by atoms with Crippen molar-refractivity contribution in [3.8, 4) is 17.5 Å². The lowest BCUT2D eigenvalue weighted by Crippen LogP contribution is -2.27. The molecule has 0 atom stereocenters. The van der Waals surface area contributed by atoms with Crippen LogP contribution in [0.25, 0.3) is 5.69 Å². The summed E-state index contributed by atoms with van der Waals surface area (Å²) in [6.07, 6.45) is -9.37. The first-order chi connectivity index (χ1) is 16.3. The van der Waals surface area contributed by atoms with Gasteiger partial charge in [0.1, 0.15) is 11.8 Å². The van der Waals surface area contributed by atoms with Crippen LogP contribution in [0.4, 0.5) is 32.0 Å². The molecule has 1 amide bonds. The normalized spacial score (nSPS) is 11.6. The van der Waals surface area contributed by atoms with E-state index in [9.17, 15) is 41.2 Å². The van der Waals surface area contributed by atoms with Gasteiger partial charge in [-0.1, -0.05) is 12.1 Å². The van der Waals surface area contributed by atoms with Crippen LogP contribution in [0.3, 0.4) is 0 Å². The number of aromatic nitrogens is 2. The highest BCUT2D eigenvalue weighted by Crippen LogP contribution is 2.33. The minimum absolute atomic E-state index is 0.0289. The first-order valence-corrected chi connectivity index (χ1v) is 9.63. The minimum atomic E-state index is -4.74. The lowest BCUT2D eigenvalue weighted by atomic mass is 10.1. The molecule has 182 valence electrons. The molecule has 3 aromatic rings. The standard InChI is InChI=1S/C22H14F6N4O3/c1-12-8-17(33)19(31-32(12)16-5-3-2-4-15(16)22(26,27)28)20(34)30-14-6-7-18(13(9-14)10-29)35-11-21(23,24)25/h2-9H,11H2,1H3,(H,30,34). The van der Waals surface area contributed by atoms with Gasteiger partial charge in [0.15, 0.2) is 12.3 Å². The summed E-state index contributed by atoms with van der Waals surface area (Å²) in [7, 11) is 0. The first-order valence-electron chi connectivity index (χ1n) is 9.63. The van der Waals surface area contributed by atoms with Crippen molar-refractivity contribution in [1.29, 1.82) is 5.26 Å². The molecule has 3 rings (SSSR count). The zero-order valence-electron chi connectivity index (χ0n) is 17.7. The lowest BCUT2D eigenvalue weighted by Gasteiger charge is -2.16. The number of ether oxygens (including phenoxy) is 1. The van der Waals surface area contributed by atoms with Gasteiger partial charge in [0, 0.05) is 17.4 Å². The summed E-state index contributed by atoms with van der Waals surface area (Å²) >= 11 is 0. The largest absolute Gasteiger partial charge is 0.483 e. The fourth-order valence-corrected chi connectivity index (χ4v) is 3.02. The summed E-state index contributed by atoms with van der Waals surface area (Å²) in [6, 6.07) is 10.1. The van der Waals surface area contributed by atoms with Gasteiger partial charge in [0.05, 0.1) is 16.8 Å². The molecule has 35 heavy (non-hydrogen) atoms. The summed E-state index contributed by atoms with van der Waals surface area (Å²) in [4.78, 5) is 25.0. The maximum Gasteiger partial charge on any atom is 0.422 e. The molecule has 7 nitrogen and oxygen atoms in total. The van der Waals surface area contributed by atoms with Crippen LogP contribution in [0, 0.1) is 18.3 Å². The van der Waals surface area contributed by atoms with E-state index in [1.807, 2.05) is 0 Å². The van der Waals surface area contributed by atoms with E-state index in [-0.39, 0.29) is 22.7 Å². The number of carbonyl (C=O) groups excluding carboxylic acids is 1. The Balaban J connectivity index is 1.95. The molecule has 1 N–H and O–H groups in total. The van der Waals surface area contributed by atoms with E-state index in [0.29, 0.717) is 0 Å². The van der Waals surface area contributed by atoms with E-state index in [0.717, 1.165) is 41.1 Å². The molecule has 0 saturated carbocycles. The van der Waals surface area contributed by atoms with Gasteiger partial charge in [-0.2, -0.15) is 36.7 Å². The molecule has 0 saturated heterocycles. The highest BCUT2D eigenvalue weighted by molar-refractivity contribution is 6.02. The van der Waals surface area contributed by atoms with Gasteiger partial charge < -0.3 is 10.1 Å². The predicted octanol–water partition coefficient (Wildman–Crippen LogP) is 4.62. The van der Waals surface area contributed by atoms with Crippen molar-refractivity contribution in [1.82, 2.24) is 9.78 Å². The highest BCUT2D eigenvalue weighted by atomic mass is 19.4. The van der Waals surface area contributed by atoms with Gasteiger partial charge in [-0.05, 0) is 37.3 Å². The van der Waals surface area contributed by atoms with Crippen molar-refractivity contribution in [3.63, 3.8) is 0 Å². The summed E-state index contributed by atoms with van der Waals surface area (Å²) in [5.41, 5.74) is -3.48. The fraction of sp³-hybridized carbons (Fsp3) is 0.182. The summed E-state index contributed by atoms with van der Waals surface area (Å²) in [5.74, 6) is -1.50. The van der Waals surface area contributed by atoms with Crippen LogP contribution in [0.5, 0.6) is 5.75 Å². The average molecular weight is 496 g/mol. The van der Waals surface area contributed by atoms with E-state index in [2.05, 4.69) is 15.2 Å². The molecule has 1 heterocycles.